The summed E-state index contributed by atoms with van der Waals surface area (Å²) in [4.78, 5) is 16.9. The van der Waals surface area contributed by atoms with Gasteiger partial charge in [-0.2, -0.15) is 0 Å². The molecule has 5 rings (SSSR count). The smallest absolute Gasteiger partial charge is 0.252 e. The van der Waals surface area contributed by atoms with Crippen molar-refractivity contribution < 1.29 is 9.53 Å². The van der Waals surface area contributed by atoms with Gasteiger partial charge in [0.15, 0.2) is 0 Å². The molecule has 3 aromatic rings. The third-order valence-electron chi connectivity index (χ3n) is 6.76. The number of fused-ring (bicyclic) bond motifs is 1. The number of nitrogens with zero attached hydrogens (tertiary/aromatic N) is 2. The summed E-state index contributed by atoms with van der Waals surface area (Å²) in [5, 5.41) is 2.85. The van der Waals surface area contributed by atoms with Crippen molar-refractivity contribution >= 4 is 11.6 Å². The number of piperazine rings is 1. The van der Waals surface area contributed by atoms with E-state index in [1.807, 2.05) is 18.2 Å². The van der Waals surface area contributed by atoms with Crippen LogP contribution in [0.3, 0.4) is 0 Å². The van der Waals surface area contributed by atoms with Crippen molar-refractivity contribution in [2.75, 3.05) is 44.2 Å². The van der Waals surface area contributed by atoms with Crippen LogP contribution in [-0.2, 0) is 6.54 Å². The summed E-state index contributed by atoms with van der Waals surface area (Å²) in [5.74, 6) is 0.780. The van der Waals surface area contributed by atoms with Crippen molar-refractivity contribution in [3.05, 3.63) is 83.4 Å². The summed E-state index contributed by atoms with van der Waals surface area (Å²) < 4.78 is 5.91. The first-order chi connectivity index (χ1) is 16.2. The van der Waals surface area contributed by atoms with E-state index in [4.69, 9.17) is 4.74 Å². The molecule has 1 amide bonds. The molecule has 2 aliphatic heterocycles. The van der Waals surface area contributed by atoms with Gasteiger partial charge in [-0.05, 0) is 53.8 Å². The van der Waals surface area contributed by atoms with E-state index in [0.717, 1.165) is 56.0 Å². The first-order valence-corrected chi connectivity index (χ1v) is 11.9. The van der Waals surface area contributed by atoms with Gasteiger partial charge >= 0.3 is 0 Å². The fourth-order valence-corrected chi connectivity index (χ4v) is 4.87. The molecule has 2 heterocycles. The van der Waals surface area contributed by atoms with Gasteiger partial charge < -0.3 is 15.0 Å². The summed E-state index contributed by atoms with van der Waals surface area (Å²) in [7, 11) is 0. The van der Waals surface area contributed by atoms with Gasteiger partial charge in [-0.25, -0.2) is 0 Å². The van der Waals surface area contributed by atoms with E-state index < -0.39 is 0 Å². The number of benzene rings is 3. The minimum Gasteiger partial charge on any atom is -0.494 e. The van der Waals surface area contributed by atoms with E-state index in [1.54, 1.807) is 0 Å². The van der Waals surface area contributed by atoms with Crippen molar-refractivity contribution in [1.29, 1.82) is 0 Å². The predicted molar refractivity (Wildman–Crippen MR) is 133 cm³/mol. The summed E-state index contributed by atoms with van der Waals surface area (Å²) in [6.45, 7) is 8.77. The SMILES string of the molecule is Cc1c(-c2ccccc2)cccc1N1CCN(CCCOc2ccc3c(c2)C(=O)NC3)CC1. The van der Waals surface area contributed by atoms with E-state index in [2.05, 4.69) is 70.6 Å². The molecule has 170 valence electrons. The molecule has 0 unspecified atom stereocenters. The van der Waals surface area contributed by atoms with Gasteiger partial charge in [-0.3, -0.25) is 9.69 Å². The van der Waals surface area contributed by atoms with Crippen molar-refractivity contribution in [1.82, 2.24) is 10.2 Å². The molecule has 5 nitrogen and oxygen atoms in total. The van der Waals surface area contributed by atoms with Crippen LogP contribution in [0.4, 0.5) is 5.69 Å². The highest BCUT2D eigenvalue weighted by molar-refractivity contribution is 5.98. The van der Waals surface area contributed by atoms with Crippen LogP contribution in [0.1, 0.15) is 27.9 Å². The van der Waals surface area contributed by atoms with Crippen LogP contribution in [0.25, 0.3) is 11.1 Å². The van der Waals surface area contributed by atoms with Crippen molar-refractivity contribution in [3.63, 3.8) is 0 Å². The third kappa shape index (κ3) is 4.74. The molecule has 33 heavy (non-hydrogen) atoms. The molecule has 1 N–H and O–H groups in total. The molecule has 2 aliphatic rings. The van der Waals surface area contributed by atoms with Gasteiger partial charge in [0.05, 0.1) is 6.61 Å². The number of hydrogen-bond acceptors (Lipinski definition) is 4. The Hall–Kier alpha value is -3.31. The number of amides is 1. The number of nitrogens with one attached hydrogen (secondary N) is 1. The predicted octanol–water partition coefficient (Wildman–Crippen LogP) is 4.50. The molecular weight excluding hydrogens is 410 g/mol. The van der Waals surface area contributed by atoms with Crippen LogP contribution < -0.4 is 15.0 Å². The van der Waals surface area contributed by atoms with Crippen LogP contribution >= 0.6 is 0 Å². The zero-order chi connectivity index (χ0) is 22.6. The van der Waals surface area contributed by atoms with E-state index in [1.165, 1.54) is 22.4 Å². The Morgan fingerprint density at radius 2 is 1.73 bits per heavy atom. The highest BCUT2D eigenvalue weighted by Crippen LogP contribution is 2.31. The van der Waals surface area contributed by atoms with Crippen LogP contribution in [-0.4, -0.2) is 50.1 Å². The van der Waals surface area contributed by atoms with Crippen LogP contribution in [0, 0.1) is 6.92 Å². The fourth-order valence-electron chi connectivity index (χ4n) is 4.87. The second-order valence-electron chi connectivity index (χ2n) is 8.85. The summed E-state index contributed by atoms with van der Waals surface area (Å²) in [5.41, 5.74) is 7.09. The molecule has 1 fully saturated rings. The summed E-state index contributed by atoms with van der Waals surface area (Å²) >= 11 is 0. The lowest BCUT2D eigenvalue weighted by molar-refractivity contribution is 0.0965. The molecule has 0 spiro atoms. The normalized spacial score (nSPS) is 15.9. The Labute approximate surface area is 196 Å². The first kappa shape index (κ1) is 21.5. The van der Waals surface area contributed by atoms with E-state index in [9.17, 15) is 4.79 Å². The molecule has 5 heteroatoms. The Balaban J connectivity index is 1.10. The largest absolute Gasteiger partial charge is 0.494 e. The van der Waals surface area contributed by atoms with Crippen LogP contribution in [0.15, 0.2) is 66.7 Å². The third-order valence-corrected chi connectivity index (χ3v) is 6.76. The second-order valence-corrected chi connectivity index (χ2v) is 8.85. The number of rotatable bonds is 7. The van der Waals surface area contributed by atoms with E-state index >= 15 is 0 Å². The molecule has 0 aromatic heterocycles. The molecule has 3 aromatic carbocycles. The topological polar surface area (TPSA) is 44.8 Å². The van der Waals surface area contributed by atoms with Gasteiger partial charge in [-0.15, -0.1) is 0 Å². The zero-order valence-electron chi connectivity index (χ0n) is 19.2. The average molecular weight is 442 g/mol. The van der Waals surface area contributed by atoms with Gasteiger partial charge in [0.25, 0.3) is 5.91 Å². The Morgan fingerprint density at radius 1 is 0.909 bits per heavy atom. The molecule has 1 saturated heterocycles. The quantitative estimate of drug-likeness (QED) is 0.549. The minimum absolute atomic E-state index is 0.00198. The molecule has 0 aliphatic carbocycles. The maximum Gasteiger partial charge on any atom is 0.252 e. The number of anilines is 1. The van der Waals surface area contributed by atoms with Gasteiger partial charge in [-0.1, -0.05) is 48.5 Å². The lowest BCUT2D eigenvalue weighted by Crippen LogP contribution is -2.47. The lowest BCUT2D eigenvalue weighted by Gasteiger charge is -2.37. The molecule has 0 radical (unpaired) electrons. The van der Waals surface area contributed by atoms with Gasteiger partial charge in [0.2, 0.25) is 0 Å². The summed E-state index contributed by atoms with van der Waals surface area (Å²) in [6, 6.07) is 23.1. The van der Waals surface area contributed by atoms with Gasteiger partial charge in [0, 0.05) is 50.5 Å². The molecule has 0 atom stereocenters. The van der Waals surface area contributed by atoms with E-state index in [0.29, 0.717) is 13.2 Å². The maximum absolute atomic E-state index is 11.8. The molecule has 0 bridgehead atoms. The lowest BCUT2D eigenvalue weighted by atomic mass is 9.98. The Kier molecular flexibility index (Phi) is 6.31. The minimum atomic E-state index is -0.00198. The van der Waals surface area contributed by atoms with Crippen molar-refractivity contribution in [2.24, 2.45) is 0 Å². The number of ether oxygens (including phenoxy) is 1. The molecule has 0 saturated carbocycles. The zero-order valence-corrected chi connectivity index (χ0v) is 19.2. The second kappa shape index (κ2) is 9.67. The average Bonchev–Trinajstić information content (AvgIpc) is 3.23. The number of carbonyl (C=O) groups is 1. The highest BCUT2D eigenvalue weighted by atomic mass is 16.5. The van der Waals surface area contributed by atoms with Crippen molar-refractivity contribution in [3.8, 4) is 16.9 Å². The van der Waals surface area contributed by atoms with Crippen LogP contribution in [0.5, 0.6) is 5.75 Å². The summed E-state index contributed by atoms with van der Waals surface area (Å²) in [6.07, 6.45) is 0.978. The monoisotopic (exact) mass is 441 g/mol. The first-order valence-electron chi connectivity index (χ1n) is 11.9. The number of carbonyl (C=O) groups excluding carboxylic acids is 1. The fraction of sp³-hybridized carbons (Fsp3) is 0.321. The Morgan fingerprint density at radius 3 is 2.55 bits per heavy atom. The maximum atomic E-state index is 11.8. The number of hydrogen-bond donors (Lipinski definition) is 1. The Bertz CT molecular complexity index is 1120. The van der Waals surface area contributed by atoms with Gasteiger partial charge in [0.1, 0.15) is 5.75 Å². The highest BCUT2D eigenvalue weighted by Gasteiger charge is 2.20. The van der Waals surface area contributed by atoms with Crippen molar-refractivity contribution in [2.45, 2.75) is 19.9 Å². The van der Waals surface area contributed by atoms with E-state index in [-0.39, 0.29) is 5.91 Å². The molecular formula is C28H31N3O2. The van der Waals surface area contributed by atoms with Crippen LogP contribution in [0.2, 0.25) is 0 Å². The standard InChI is InChI=1S/C28H31N3O2/c1-21-25(22-7-3-2-4-8-22)9-5-10-27(21)31-16-14-30(15-17-31)13-6-18-33-24-12-11-23-20-29-28(32)26(23)19-24/h2-5,7-12,19H,6,13-18,20H2,1H3,(H,29,32).